The number of rotatable bonds is 13. The Hall–Kier alpha value is -3.49. The fraction of sp³-hybridized carbons (Fsp3) is 0.200. The standard InChI is InChI=1S/C30H34O4Si2/c1-35(31-27-17-7-3-8-18-27,32-28-19-9-4-10-20-28)25-15-16-26-36(2,33-29-21-11-5-12-22-29)34-30-23-13-6-14-24-30/h3-14,17-24H,15-16,25-26H2,1-2H3. The molecule has 0 aliphatic rings. The lowest BCUT2D eigenvalue weighted by Crippen LogP contribution is -2.46. The van der Waals surface area contributed by atoms with Gasteiger partial charge in [-0.1, -0.05) is 72.8 Å². The van der Waals surface area contributed by atoms with Gasteiger partial charge in [-0.05, 0) is 61.4 Å². The Balaban J connectivity index is 1.42. The third kappa shape index (κ3) is 8.04. The van der Waals surface area contributed by atoms with E-state index >= 15 is 0 Å². The maximum atomic E-state index is 6.49. The molecule has 0 fully saturated rings. The van der Waals surface area contributed by atoms with Crippen molar-refractivity contribution in [1.29, 1.82) is 0 Å². The molecular weight excluding hydrogens is 480 g/mol. The molecule has 0 heterocycles. The van der Waals surface area contributed by atoms with Crippen molar-refractivity contribution in [3.05, 3.63) is 121 Å². The average Bonchev–Trinajstić information content (AvgIpc) is 2.89. The molecule has 0 atom stereocenters. The summed E-state index contributed by atoms with van der Waals surface area (Å²) in [6.45, 7) is 4.29. The van der Waals surface area contributed by atoms with Crippen LogP contribution >= 0.6 is 0 Å². The lowest BCUT2D eigenvalue weighted by Gasteiger charge is -2.30. The summed E-state index contributed by atoms with van der Waals surface area (Å²) < 4.78 is 26.0. The van der Waals surface area contributed by atoms with E-state index in [4.69, 9.17) is 17.7 Å². The first kappa shape index (κ1) is 25.6. The molecule has 0 bridgehead atoms. The van der Waals surface area contributed by atoms with E-state index in [0.717, 1.165) is 47.9 Å². The van der Waals surface area contributed by atoms with Gasteiger partial charge >= 0.3 is 17.1 Å². The van der Waals surface area contributed by atoms with E-state index in [2.05, 4.69) is 13.1 Å². The van der Waals surface area contributed by atoms with Crippen LogP contribution in [0.1, 0.15) is 12.8 Å². The van der Waals surface area contributed by atoms with E-state index in [0.29, 0.717) is 0 Å². The minimum absolute atomic E-state index is 0.849. The van der Waals surface area contributed by atoms with Crippen LogP contribution in [0.15, 0.2) is 121 Å². The molecular formula is C30H34O4Si2. The third-order valence-electron chi connectivity index (χ3n) is 5.82. The van der Waals surface area contributed by atoms with Gasteiger partial charge in [-0.2, -0.15) is 0 Å². The van der Waals surface area contributed by atoms with Gasteiger partial charge in [0.15, 0.2) is 0 Å². The second-order valence-electron chi connectivity index (χ2n) is 9.14. The second kappa shape index (κ2) is 12.5. The summed E-state index contributed by atoms with van der Waals surface area (Å²) in [5, 5.41) is 0. The van der Waals surface area contributed by atoms with Gasteiger partial charge in [0.2, 0.25) is 0 Å². The Kier molecular flexibility index (Phi) is 8.87. The van der Waals surface area contributed by atoms with Crippen molar-refractivity contribution in [3.63, 3.8) is 0 Å². The Labute approximate surface area is 217 Å². The smallest absolute Gasteiger partial charge is 0.457 e. The summed E-state index contributed by atoms with van der Waals surface area (Å²) in [7, 11) is -5.08. The Morgan fingerprint density at radius 2 is 0.611 bits per heavy atom. The quantitative estimate of drug-likeness (QED) is 0.133. The molecule has 0 N–H and O–H groups in total. The van der Waals surface area contributed by atoms with Crippen LogP contribution in [0.25, 0.3) is 0 Å². The maximum Gasteiger partial charge on any atom is 0.457 e. The first-order chi connectivity index (χ1) is 17.5. The van der Waals surface area contributed by atoms with Crippen LogP contribution < -0.4 is 17.7 Å². The van der Waals surface area contributed by atoms with Gasteiger partial charge in [-0.25, -0.2) is 0 Å². The molecule has 0 amide bonds. The van der Waals surface area contributed by atoms with E-state index in [-0.39, 0.29) is 0 Å². The first-order valence-corrected chi connectivity index (χ1v) is 17.5. The molecule has 0 saturated heterocycles. The lowest BCUT2D eigenvalue weighted by atomic mass is 10.3. The highest BCUT2D eigenvalue weighted by atomic mass is 28.4. The minimum Gasteiger partial charge on any atom is -0.512 e. The predicted octanol–water partition coefficient (Wildman–Crippen LogP) is 8.23. The first-order valence-electron chi connectivity index (χ1n) is 12.5. The number of hydrogen-bond donors (Lipinski definition) is 0. The zero-order chi connectivity index (χ0) is 25.1. The molecule has 186 valence electrons. The molecule has 4 nitrogen and oxygen atoms in total. The summed E-state index contributed by atoms with van der Waals surface area (Å²) >= 11 is 0. The summed E-state index contributed by atoms with van der Waals surface area (Å²) in [5.41, 5.74) is 0. The molecule has 36 heavy (non-hydrogen) atoms. The van der Waals surface area contributed by atoms with Crippen LogP contribution in [-0.2, 0) is 0 Å². The van der Waals surface area contributed by atoms with E-state index in [1.165, 1.54) is 0 Å². The predicted molar refractivity (Wildman–Crippen MR) is 150 cm³/mol. The van der Waals surface area contributed by atoms with Crippen molar-refractivity contribution in [2.75, 3.05) is 0 Å². The molecule has 4 rings (SSSR count). The van der Waals surface area contributed by atoms with Crippen LogP contribution in [0.3, 0.4) is 0 Å². The van der Waals surface area contributed by atoms with Crippen LogP contribution in [0, 0.1) is 0 Å². The van der Waals surface area contributed by atoms with Crippen LogP contribution in [0.4, 0.5) is 0 Å². The van der Waals surface area contributed by atoms with Gasteiger partial charge in [-0.15, -0.1) is 0 Å². The summed E-state index contributed by atoms with van der Waals surface area (Å²) in [6, 6.07) is 41.6. The molecule has 6 heteroatoms. The molecule has 0 unspecified atom stereocenters. The van der Waals surface area contributed by atoms with E-state index in [9.17, 15) is 0 Å². The summed E-state index contributed by atoms with van der Waals surface area (Å²) in [5.74, 6) is 3.39. The second-order valence-corrected chi connectivity index (χ2v) is 15.5. The van der Waals surface area contributed by atoms with Gasteiger partial charge in [0.25, 0.3) is 0 Å². The van der Waals surface area contributed by atoms with Gasteiger partial charge < -0.3 is 17.7 Å². The van der Waals surface area contributed by atoms with Gasteiger partial charge in [0.05, 0.1) is 0 Å². The van der Waals surface area contributed by atoms with Crippen LogP contribution in [-0.4, -0.2) is 17.1 Å². The SMILES string of the molecule is C[Si](CCCC[Si](C)(Oc1ccccc1)Oc1ccccc1)(Oc1ccccc1)Oc1ccccc1. The highest BCUT2D eigenvalue weighted by molar-refractivity contribution is 6.68. The van der Waals surface area contributed by atoms with Gasteiger partial charge in [-0.3, -0.25) is 0 Å². The van der Waals surface area contributed by atoms with E-state index < -0.39 is 17.1 Å². The number of benzene rings is 4. The molecule has 0 aliphatic carbocycles. The fourth-order valence-electron chi connectivity index (χ4n) is 4.09. The highest BCUT2D eigenvalue weighted by Gasteiger charge is 2.38. The monoisotopic (exact) mass is 514 g/mol. The third-order valence-corrected chi connectivity index (χ3v) is 11.0. The van der Waals surface area contributed by atoms with Crippen molar-refractivity contribution < 1.29 is 17.7 Å². The molecule has 0 aliphatic heterocycles. The maximum absolute atomic E-state index is 6.49. The lowest BCUT2D eigenvalue weighted by molar-refractivity contribution is 0.377. The van der Waals surface area contributed by atoms with Crippen molar-refractivity contribution >= 4 is 17.1 Å². The Bertz CT molecular complexity index is 981. The van der Waals surface area contributed by atoms with Crippen molar-refractivity contribution in [2.24, 2.45) is 0 Å². The van der Waals surface area contributed by atoms with Crippen molar-refractivity contribution in [3.8, 4) is 23.0 Å². The highest BCUT2D eigenvalue weighted by Crippen LogP contribution is 2.28. The zero-order valence-corrected chi connectivity index (χ0v) is 23.0. The minimum atomic E-state index is -2.54. The van der Waals surface area contributed by atoms with Crippen LogP contribution in [0.2, 0.25) is 25.2 Å². The molecule has 4 aromatic carbocycles. The van der Waals surface area contributed by atoms with Crippen LogP contribution in [0.5, 0.6) is 23.0 Å². The fourth-order valence-corrected chi connectivity index (χ4v) is 8.90. The topological polar surface area (TPSA) is 36.9 Å². The van der Waals surface area contributed by atoms with E-state index in [1.54, 1.807) is 0 Å². The van der Waals surface area contributed by atoms with Crippen molar-refractivity contribution in [2.45, 2.75) is 38.0 Å². The molecule has 4 aromatic rings. The summed E-state index contributed by atoms with van der Waals surface area (Å²) in [4.78, 5) is 0. The molecule has 0 spiro atoms. The molecule has 0 aromatic heterocycles. The zero-order valence-electron chi connectivity index (χ0n) is 21.0. The van der Waals surface area contributed by atoms with Gasteiger partial charge in [0.1, 0.15) is 23.0 Å². The van der Waals surface area contributed by atoms with Crippen molar-refractivity contribution in [1.82, 2.24) is 0 Å². The molecule has 0 saturated carbocycles. The normalized spacial score (nSPS) is 11.5. The molecule has 0 radical (unpaired) electrons. The Morgan fingerprint density at radius 3 is 0.833 bits per heavy atom. The summed E-state index contributed by atoms with van der Waals surface area (Å²) in [6.07, 6.45) is 1.92. The number of para-hydroxylation sites is 4. The Morgan fingerprint density at radius 1 is 0.389 bits per heavy atom. The van der Waals surface area contributed by atoms with E-state index in [1.807, 2.05) is 121 Å². The average molecular weight is 515 g/mol. The number of hydrogen-bond acceptors (Lipinski definition) is 4. The number of unbranched alkanes of at least 4 members (excludes halogenated alkanes) is 1. The largest absolute Gasteiger partial charge is 0.512 e. The van der Waals surface area contributed by atoms with Gasteiger partial charge in [0, 0.05) is 25.2 Å².